The molecule has 1 amide bonds. The largest absolute Gasteiger partial charge is 0.361 e. The number of nitrogens with zero attached hydrogens (tertiary/aromatic N) is 3. The summed E-state index contributed by atoms with van der Waals surface area (Å²) >= 11 is 0. The molecule has 33 heavy (non-hydrogen) atoms. The van der Waals surface area contributed by atoms with E-state index in [0.29, 0.717) is 24.3 Å². The highest BCUT2D eigenvalue weighted by Gasteiger charge is 2.24. The van der Waals surface area contributed by atoms with Crippen molar-refractivity contribution in [3.05, 3.63) is 76.9 Å². The van der Waals surface area contributed by atoms with Crippen LogP contribution in [-0.2, 0) is 16.6 Å². The number of nitrogens with one attached hydrogen (secondary N) is 1. The van der Waals surface area contributed by atoms with Gasteiger partial charge in [-0.25, -0.2) is 12.8 Å². The highest BCUT2D eigenvalue weighted by molar-refractivity contribution is 7.92. The van der Waals surface area contributed by atoms with Crippen molar-refractivity contribution in [1.29, 1.82) is 0 Å². The fourth-order valence-corrected chi connectivity index (χ4v) is 4.81. The number of carbonyl (C=O) groups excluding carboxylic acids is 1. The fourth-order valence-electron chi connectivity index (χ4n) is 3.75. The number of sulfonamides is 1. The average molecular weight is 473 g/mol. The number of anilines is 1. The summed E-state index contributed by atoms with van der Waals surface area (Å²) < 4.78 is 45.6. The molecular formula is C23H25FN4O4S. The maximum absolute atomic E-state index is 13.1. The summed E-state index contributed by atoms with van der Waals surface area (Å²) in [6, 6.07) is 10.9. The SMILES string of the molecule is Cc1noc(C)c1CN1CCN(C(=O)c2ccc(NS(=O)(=O)c3ccc(F)cc3)cc2)CC1. The summed E-state index contributed by atoms with van der Waals surface area (Å²) in [6.07, 6.45) is 0. The van der Waals surface area contributed by atoms with Crippen molar-refractivity contribution in [3.63, 3.8) is 0 Å². The zero-order valence-corrected chi connectivity index (χ0v) is 19.2. The first-order valence-electron chi connectivity index (χ1n) is 10.5. The molecule has 2 aromatic carbocycles. The Morgan fingerprint density at radius 3 is 2.24 bits per heavy atom. The van der Waals surface area contributed by atoms with Crippen LogP contribution >= 0.6 is 0 Å². The standard InChI is InChI=1S/C23H25FN4O4S/c1-16-22(17(2)32-25-16)15-27-11-13-28(14-12-27)23(29)18-3-7-20(8-4-18)26-33(30,31)21-9-5-19(24)6-10-21/h3-10,26H,11-15H2,1-2H3. The van der Waals surface area contributed by atoms with Gasteiger partial charge in [0.15, 0.2) is 0 Å². The van der Waals surface area contributed by atoms with Gasteiger partial charge in [0.25, 0.3) is 15.9 Å². The van der Waals surface area contributed by atoms with Crippen LogP contribution in [0.4, 0.5) is 10.1 Å². The number of aryl methyl sites for hydroxylation is 2. The number of rotatable bonds is 6. The van der Waals surface area contributed by atoms with Crippen molar-refractivity contribution in [3.8, 4) is 0 Å². The summed E-state index contributed by atoms with van der Waals surface area (Å²) in [4.78, 5) is 16.9. The second-order valence-electron chi connectivity index (χ2n) is 8.01. The molecule has 0 atom stereocenters. The Morgan fingerprint density at radius 2 is 1.67 bits per heavy atom. The molecule has 8 nitrogen and oxygen atoms in total. The van der Waals surface area contributed by atoms with Crippen LogP contribution in [0, 0.1) is 19.7 Å². The average Bonchev–Trinajstić information content (AvgIpc) is 3.12. The predicted octanol–water partition coefficient (Wildman–Crippen LogP) is 3.19. The maximum atomic E-state index is 13.1. The number of carbonyl (C=O) groups is 1. The van der Waals surface area contributed by atoms with Crippen LogP contribution in [0.3, 0.4) is 0 Å². The first-order valence-corrected chi connectivity index (χ1v) is 12.0. The van der Waals surface area contributed by atoms with E-state index in [2.05, 4.69) is 14.8 Å². The normalized spacial score (nSPS) is 14.9. The Balaban J connectivity index is 1.34. The molecule has 0 unspecified atom stereocenters. The van der Waals surface area contributed by atoms with Crippen LogP contribution in [0.15, 0.2) is 57.9 Å². The molecular weight excluding hydrogens is 447 g/mol. The molecule has 1 N–H and O–H groups in total. The molecule has 0 radical (unpaired) electrons. The monoisotopic (exact) mass is 472 g/mol. The Bertz CT molecular complexity index is 1210. The lowest BCUT2D eigenvalue weighted by Gasteiger charge is -2.34. The zero-order chi connectivity index (χ0) is 23.6. The Kier molecular flexibility index (Phi) is 6.48. The van der Waals surface area contributed by atoms with Crippen LogP contribution in [0.2, 0.25) is 0 Å². The topological polar surface area (TPSA) is 95.8 Å². The molecule has 1 fully saturated rings. The minimum Gasteiger partial charge on any atom is -0.361 e. The first kappa shape index (κ1) is 22.9. The van der Waals surface area contributed by atoms with Gasteiger partial charge in [-0.1, -0.05) is 5.16 Å². The highest BCUT2D eigenvalue weighted by atomic mass is 32.2. The second kappa shape index (κ2) is 9.32. The molecule has 1 saturated heterocycles. The van der Waals surface area contributed by atoms with Gasteiger partial charge in [0.1, 0.15) is 11.6 Å². The van der Waals surface area contributed by atoms with Crippen molar-refractivity contribution in [1.82, 2.24) is 15.0 Å². The first-order chi connectivity index (χ1) is 15.7. The van der Waals surface area contributed by atoms with Gasteiger partial charge in [0.2, 0.25) is 0 Å². The minimum absolute atomic E-state index is 0.0430. The molecule has 0 spiro atoms. The molecule has 10 heteroatoms. The fraction of sp³-hybridized carbons (Fsp3) is 0.304. The van der Waals surface area contributed by atoms with Crippen LogP contribution in [0.25, 0.3) is 0 Å². The van der Waals surface area contributed by atoms with E-state index in [9.17, 15) is 17.6 Å². The molecule has 2 heterocycles. The van der Waals surface area contributed by atoms with Crippen molar-refractivity contribution in [2.24, 2.45) is 0 Å². The van der Waals surface area contributed by atoms with Crippen LogP contribution in [0.1, 0.15) is 27.4 Å². The molecule has 0 aliphatic carbocycles. The predicted molar refractivity (Wildman–Crippen MR) is 121 cm³/mol. The third kappa shape index (κ3) is 5.23. The second-order valence-corrected chi connectivity index (χ2v) is 9.69. The van der Waals surface area contributed by atoms with E-state index in [-0.39, 0.29) is 10.8 Å². The molecule has 4 rings (SSSR count). The van der Waals surface area contributed by atoms with Crippen molar-refractivity contribution < 1.29 is 22.1 Å². The number of aromatic nitrogens is 1. The molecule has 1 aliphatic rings. The Hall–Kier alpha value is -3.24. The van der Waals surface area contributed by atoms with E-state index < -0.39 is 15.8 Å². The summed E-state index contributed by atoms with van der Waals surface area (Å²) in [5.41, 5.74) is 2.79. The van der Waals surface area contributed by atoms with Gasteiger partial charge in [0, 0.05) is 49.5 Å². The van der Waals surface area contributed by atoms with Gasteiger partial charge in [0.05, 0.1) is 10.6 Å². The summed E-state index contributed by atoms with van der Waals surface area (Å²) in [7, 11) is -3.85. The van der Waals surface area contributed by atoms with Gasteiger partial charge in [-0.2, -0.15) is 0 Å². The van der Waals surface area contributed by atoms with Gasteiger partial charge in [-0.3, -0.25) is 14.4 Å². The molecule has 1 aliphatic heterocycles. The maximum Gasteiger partial charge on any atom is 0.261 e. The van der Waals surface area contributed by atoms with E-state index >= 15 is 0 Å². The Labute approximate surface area is 192 Å². The molecule has 3 aromatic rings. The Morgan fingerprint density at radius 1 is 1.03 bits per heavy atom. The highest BCUT2D eigenvalue weighted by Crippen LogP contribution is 2.19. The van der Waals surface area contributed by atoms with Crippen LogP contribution < -0.4 is 4.72 Å². The van der Waals surface area contributed by atoms with E-state index in [0.717, 1.165) is 48.8 Å². The van der Waals surface area contributed by atoms with Crippen molar-refractivity contribution >= 4 is 21.6 Å². The van der Waals surface area contributed by atoms with E-state index in [4.69, 9.17) is 4.52 Å². The molecule has 0 saturated carbocycles. The summed E-state index contributed by atoms with van der Waals surface area (Å²) in [5, 5.41) is 3.99. The van der Waals surface area contributed by atoms with E-state index in [1.165, 1.54) is 12.1 Å². The molecule has 174 valence electrons. The minimum atomic E-state index is -3.85. The quantitative estimate of drug-likeness (QED) is 0.592. The molecule has 1 aromatic heterocycles. The zero-order valence-electron chi connectivity index (χ0n) is 18.4. The summed E-state index contributed by atoms with van der Waals surface area (Å²) in [6.45, 7) is 7.25. The van der Waals surface area contributed by atoms with Crippen LogP contribution in [-0.4, -0.2) is 55.5 Å². The number of hydrogen-bond acceptors (Lipinski definition) is 6. The lowest BCUT2D eigenvalue weighted by molar-refractivity contribution is 0.0627. The van der Waals surface area contributed by atoms with Gasteiger partial charge in [-0.05, 0) is 62.4 Å². The van der Waals surface area contributed by atoms with Gasteiger partial charge < -0.3 is 9.42 Å². The van der Waals surface area contributed by atoms with E-state index in [1.54, 1.807) is 29.2 Å². The lowest BCUT2D eigenvalue weighted by atomic mass is 10.1. The number of benzene rings is 2. The van der Waals surface area contributed by atoms with Gasteiger partial charge >= 0.3 is 0 Å². The summed E-state index contributed by atoms with van der Waals surface area (Å²) in [5.74, 6) is 0.211. The third-order valence-corrected chi connectivity index (χ3v) is 7.13. The van der Waals surface area contributed by atoms with E-state index in [1.807, 2.05) is 13.8 Å². The van der Waals surface area contributed by atoms with Crippen molar-refractivity contribution in [2.75, 3.05) is 30.9 Å². The number of halogens is 1. The number of piperazine rings is 1. The van der Waals surface area contributed by atoms with Gasteiger partial charge in [-0.15, -0.1) is 0 Å². The lowest BCUT2D eigenvalue weighted by Crippen LogP contribution is -2.48. The van der Waals surface area contributed by atoms with Crippen LogP contribution in [0.5, 0.6) is 0 Å². The number of amides is 1. The third-order valence-electron chi connectivity index (χ3n) is 5.73. The molecule has 0 bridgehead atoms. The smallest absolute Gasteiger partial charge is 0.261 e. The van der Waals surface area contributed by atoms with Crippen molar-refractivity contribution in [2.45, 2.75) is 25.3 Å². The number of hydrogen-bond donors (Lipinski definition) is 1.